The zero-order chi connectivity index (χ0) is 7.52. The third kappa shape index (κ3) is 1.61. The average Bonchev–Trinajstić information content (AvgIpc) is 2.36. The second-order valence-electron chi connectivity index (χ2n) is 2.83. The quantitative estimate of drug-likeness (QED) is 0.662. The van der Waals surface area contributed by atoms with Crippen LogP contribution in [0.5, 0.6) is 0 Å². The molecule has 60 valence electrons. The Morgan fingerprint density at radius 1 is 1.64 bits per heavy atom. The monoisotopic (exact) mass is 152 g/mol. The standard InChI is InChI=1S/C8H12N2O/c1-2-9-3-7(1)4-10-8-5-11-6-8/h1-3,8-10H,4-6H2. The van der Waals surface area contributed by atoms with Crippen molar-refractivity contribution >= 4 is 0 Å². The Bertz CT molecular complexity index is 204. The molecule has 1 aliphatic heterocycles. The normalized spacial score (nSPS) is 18.2. The molecule has 1 saturated heterocycles. The van der Waals surface area contributed by atoms with Crippen molar-refractivity contribution in [2.75, 3.05) is 13.2 Å². The highest BCUT2D eigenvalue weighted by Gasteiger charge is 2.16. The van der Waals surface area contributed by atoms with Crippen LogP contribution in [0, 0.1) is 0 Å². The third-order valence-corrected chi connectivity index (χ3v) is 1.90. The highest BCUT2D eigenvalue weighted by Crippen LogP contribution is 2.02. The van der Waals surface area contributed by atoms with Gasteiger partial charge in [0.2, 0.25) is 0 Å². The summed E-state index contributed by atoms with van der Waals surface area (Å²) in [4.78, 5) is 3.02. The molecule has 0 aliphatic carbocycles. The molecule has 0 amide bonds. The minimum Gasteiger partial charge on any atom is -0.378 e. The molecule has 0 aromatic carbocycles. The van der Waals surface area contributed by atoms with E-state index < -0.39 is 0 Å². The molecule has 1 fully saturated rings. The summed E-state index contributed by atoms with van der Waals surface area (Å²) in [5.41, 5.74) is 1.30. The lowest BCUT2D eigenvalue weighted by Gasteiger charge is -2.26. The largest absolute Gasteiger partial charge is 0.378 e. The van der Waals surface area contributed by atoms with Crippen LogP contribution >= 0.6 is 0 Å². The van der Waals surface area contributed by atoms with Crippen LogP contribution in [-0.4, -0.2) is 24.2 Å². The number of ether oxygens (including phenoxy) is 1. The zero-order valence-corrected chi connectivity index (χ0v) is 6.34. The van der Waals surface area contributed by atoms with Crippen LogP contribution in [0.4, 0.5) is 0 Å². The molecule has 0 spiro atoms. The summed E-state index contributed by atoms with van der Waals surface area (Å²) in [6.45, 7) is 2.67. The van der Waals surface area contributed by atoms with Crippen molar-refractivity contribution < 1.29 is 4.74 Å². The average molecular weight is 152 g/mol. The van der Waals surface area contributed by atoms with Crippen molar-refractivity contribution in [3.63, 3.8) is 0 Å². The van der Waals surface area contributed by atoms with E-state index in [2.05, 4.69) is 16.4 Å². The third-order valence-electron chi connectivity index (χ3n) is 1.90. The number of hydrogen-bond acceptors (Lipinski definition) is 2. The van der Waals surface area contributed by atoms with E-state index in [9.17, 15) is 0 Å². The van der Waals surface area contributed by atoms with E-state index in [1.807, 2.05) is 12.4 Å². The summed E-state index contributed by atoms with van der Waals surface area (Å²) in [5.74, 6) is 0. The molecule has 1 aliphatic rings. The fourth-order valence-corrected chi connectivity index (χ4v) is 1.08. The number of aromatic nitrogens is 1. The smallest absolute Gasteiger partial charge is 0.0643 e. The number of H-pyrrole nitrogens is 1. The van der Waals surface area contributed by atoms with Crippen LogP contribution in [0.15, 0.2) is 18.5 Å². The number of hydrogen-bond donors (Lipinski definition) is 2. The van der Waals surface area contributed by atoms with Crippen molar-refractivity contribution in [2.24, 2.45) is 0 Å². The van der Waals surface area contributed by atoms with Gasteiger partial charge < -0.3 is 15.0 Å². The summed E-state index contributed by atoms with van der Waals surface area (Å²) in [6.07, 6.45) is 3.95. The van der Waals surface area contributed by atoms with Gasteiger partial charge in [-0.25, -0.2) is 0 Å². The van der Waals surface area contributed by atoms with Crippen molar-refractivity contribution in [3.05, 3.63) is 24.0 Å². The van der Waals surface area contributed by atoms with Gasteiger partial charge in [0.05, 0.1) is 19.3 Å². The van der Waals surface area contributed by atoms with Gasteiger partial charge in [0.25, 0.3) is 0 Å². The minimum absolute atomic E-state index is 0.574. The fraction of sp³-hybridized carbons (Fsp3) is 0.500. The predicted molar refractivity (Wildman–Crippen MR) is 42.2 cm³/mol. The lowest BCUT2D eigenvalue weighted by atomic mass is 10.2. The van der Waals surface area contributed by atoms with Crippen LogP contribution in [0.2, 0.25) is 0 Å². The first kappa shape index (κ1) is 6.88. The summed E-state index contributed by atoms with van der Waals surface area (Å²) in [6, 6.07) is 2.65. The molecule has 3 heteroatoms. The molecular weight excluding hydrogens is 140 g/mol. The van der Waals surface area contributed by atoms with Crippen molar-refractivity contribution in [1.82, 2.24) is 10.3 Å². The van der Waals surface area contributed by atoms with E-state index >= 15 is 0 Å². The first-order valence-electron chi connectivity index (χ1n) is 3.88. The van der Waals surface area contributed by atoms with Gasteiger partial charge in [0, 0.05) is 18.9 Å². The van der Waals surface area contributed by atoms with Gasteiger partial charge in [-0.2, -0.15) is 0 Å². The molecule has 0 radical (unpaired) electrons. The molecule has 1 aromatic rings. The SMILES string of the molecule is c1cc(CNC2COC2)c[nH]1. The Balaban J connectivity index is 1.74. The van der Waals surface area contributed by atoms with Crippen LogP contribution in [0.3, 0.4) is 0 Å². The molecule has 0 atom stereocenters. The lowest BCUT2D eigenvalue weighted by molar-refractivity contribution is -0.00578. The molecular formula is C8H12N2O. The molecule has 0 saturated carbocycles. The van der Waals surface area contributed by atoms with E-state index in [1.54, 1.807) is 0 Å². The maximum Gasteiger partial charge on any atom is 0.0643 e. The molecule has 1 aromatic heterocycles. The maximum absolute atomic E-state index is 5.03. The van der Waals surface area contributed by atoms with E-state index in [0.717, 1.165) is 19.8 Å². The predicted octanol–water partition coefficient (Wildman–Crippen LogP) is 0.503. The van der Waals surface area contributed by atoms with Gasteiger partial charge in [0.1, 0.15) is 0 Å². The summed E-state index contributed by atoms with van der Waals surface area (Å²) < 4.78 is 5.03. The van der Waals surface area contributed by atoms with E-state index in [0.29, 0.717) is 6.04 Å². The van der Waals surface area contributed by atoms with E-state index in [1.165, 1.54) is 5.56 Å². The molecule has 2 heterocycles. The van der Waals surface area contributed by atoms with Crippen LogP contribution in [0.1, 0.15) is 5.56 Å². The first-order chi connectivity index (χ1) is 5.45. The van der Waals surface area contributed by atoms with Gasteiger partial charge in [-0.15, -0.1) is 0 Å². The van der Waals surface area contributed by atoms with Crippen molar-refractivity contribution in [3.8, 4) is 0 Å². The van der Waals surface area contributed by atoms with Gasteiger partial charge in [-0.1, -0.05) is 0 Å². The number of nitrogens with one attached hydrogen (secondary N) is 2. The van der Waals surface area contributed by atoms with Crippen LogP contribution in [0.25, 0.3) is 0 Å². The Morgan fingerprint density at radius 3 is 3.09 bits per heavy atom. The van der Waals surface area contributed by atoms with Crippen molar-refractivity contribution in [1.29, 1.82) is 0 Å². The zero-order valence-electron chi connectivity index (χ0n) is 6.34. The Kier molecular flexibility index (Phi) is 1.92. The van der Waals surface area contributed by atoms with E-state index in [-0.39, 0.29) is 0 Å². The van der Waals surface area contributed by atoms with Gasteiger partial charge in [-0.3, -0.25) is 0 Å². The van der Waals surface area contributed by atoms with Gasteiger partial charge in [0.15, 0.2) is 0 Å². The molecule has 2 rings (SSSR count). The second-order valence-corrected chi connectivity index (χ2v) is 2.83. The molecule has 0 unspecified atom stereocenters. The van der Waals surface area contributed by atoms with Crippen LogP contribution < -0.4 is 5.32 Å². The second kappa shape index (κ2) is 3.07. The summed E-state index contributed by atoms with van der Waals surface area (Å²) >= 11 is 0. The van der Waals surface area contributed by atoms with Gasteiger partial charge in [-0.05, 0) is 11.6 Å². The van der Waals surface area contributed by atoms with Crippen molar-refractivity contribution in [2.45, 2.75) is 12.6 Å². The highest BCUT2D eigenvalue weighted by atomic mass is 16.5. The Morgan fingerprint density at radius 2 is 2.55 bits per heavy atom. The van der Waals surface area contributed by atoms with Gasteiger partial charge >= 0.3 is 0 Å². The number of aromatic amines is 1. The summed E-state index contributed by atoms with van der Waals surface area (Å²) in [5, 5.41) is 3.38. The Labute approximate surface area is 65.8 Å². The minimum atomic E-state index is 0.574. The topological polar surface area (TPSA) is 37.0 Å². The molecule has 3 nitrogen and oxygen atoms in total. The lowest BCUT2D eigenvalue weighted by Crippen LogP contribution is -2.45. The fourth-order valence-electron chi connectivity index (χ4n) is 1.08. The summed E-state index contributed by atoms with van der Waals surface area (Å²) in [7, 11) is 0. The van der Waals surface area contributed by atoms with E-state index in [4.69, 9.17) is 4.74 Å². The molecule has 2 N–H and O–H groups in total. The molecule has 11 heavy (non-hydrogen) atoms. The first-order valence-corrected chi connectivity index (χ1v) is 3.88. The highest BCUT2D eigenvalue weighted by molar-refractivity contribution is 5.07. The maximum atomic E-state index is 5.03. The van der Waals surface area contributed by atoms with Crippen LogP contribution in [-0.2, 0) is 11.3 Å². The molecule has 0 bridgehead atoms. The Hall–Kier alpha value is -0.800. The number of rotatable bonds is 3.